The Morgan fingerprint density at radius 2 is 1.38 bits per heavy atom. The summed E-state index contributed by atoms with van der Waals surface area (Å²) in [5.74, 6) is 1.74. The largest absolute Gasteiger partial charge is 0.496 e. The maximum absolute atomic E-state index is 8.49. The van der Waals surface area contributed by atoms with Crippen molar-refractivity contribution in [2.75, 3.05) is 7.11 Å². The first-order chi connectivity index (χ1) is 11.1. The average molecular weight is 353 g/mol. The number of ether oxygens (including phenoxy) is 1. The van der Waals surface area contributed by atoms with Crippen LogP contribution in [0.4, 0.5) is 0 Å². The van der Waals surface area contributed by atoms with E-state index in [2.05, 4.69) is 32.0 Å². The molecule has 6 nitrogen and oxygen atoms in total. The molecule has 7 heteroatoms. The van der Waals surface area contributed by atoms with Crippen molar-refractivity contribution in [3.63, 3.8) is 0 Å². The van der Waals surface area contributed by atoms with Gasteiger partial charge in [-0.05, 0) is 24.3 Å². The van der Waals surface area contributed by atoms with E-state index in [-0.39, 0.29) is 5.60 Å². The second-order valence-electron chi connectivity index (χ2n) is 5.57. The lowest BCUT2D eigenvalue weighted by Crippen LogP contribution is -2.68. The summed E-state index contributed by atoms with van der Waals surface area (Å²) in [6.45, 7) is 4.18. The third kappa shape index (κ3) is 4.31. The van der Waals surface area contributed by atoms with Gasteiger partial charge in [0.05, 0.1) is 18.2 Å². The molecule has 3 rings (SSSR count). The van der Waals surface area contributed by atoms with E-state index in [9.17, 15) is 0 Å². The highest BCUT2D eigenvalue weighted by Crippen LogP contribution is 2.37. The van der Waals surface area contributed by atoms with Crippen LogP contribution in [0.5, 0.6) is 5.75 Å². The number of methoxy groups -OCH3 is 1. The number of hydrogen-bond acceptors (Lipinski definition) is 5. The first-order valence-corrected chi connectivity index (χ1v) is 8.28. The molecule has 0 aliphatic carbocycles. The Bertz CT molecular complexity index is 743. The molecule has 128 valence electrons. The summed E-state index contributed by atoms with van der Waals surface area (Å²) in [6, 6.07) is 16.3. The fraction of sp³-hybridized carbons (Fsp3) is 0.235. The highest BCUT2D eigenvalue weighted by Gasteiger charge is 2.45. The van der Waals surface area contributed by atoms with Crippen LogP contribution in [0.1, 0.15) is 35.0 Å². The van der Waals surface area contributed by atoms with Crippen molar-refractivity contribution in [1.29, 1.82) is 0 Å². The molecular weight excluding hydrogens is 336 g/mol. The van der Waals surface area contributed by atoms with E-state index in [4.69, 9.17) is 27.8 Å². The molecule has 0 unspecified atom stereocenters. The Morgan fingerprint density at radius 1 is 0.875 bits per heavy atom. The molecule has 2 aromatic carbocycles. The summed E-state index contributed by atoms with van der Waals surface area (Å²) in [5, 5.41) is 0. The van der Waals surface area contributed by atoms with Crippen molar-refractivity contribution in [2.24, 2.45) is 0 Å². The van der Waals surface area contributed by atoms with Gasteiger partial charge < -0.3 is 4.74 Å². The number of benzene rings is 2. The third-order valence-corrected chi connectivity index (χ3v) is 3.53. The van der Waals surface area contributed by atoms with Gasteiger partial charge in [0.15, 0.2) is 0 Å². The number of fused-ring (bicyclic) bond motifs is 1. The van der Waals surface area contributed by atoms with Crippen molar-refractivity contribution in [1.82, 2.24) is 0 Å². The van der Waals surface area contributed by atoms with Gasteiger partial charge in [0.25, 0.3) is 0 Å². The molecule has 0 N–H and O–H groups in total. The van der Waals surface area contributed by atoms with Gasteiger partial charge in [-0.2, -0.15) is 0 Å². The molecule has 0 radical (unpaired) electrons. The van der Waals surface area contributed by atoms with Crippen LogP contribution in [-0.4, -0.2) is 12.9 Å². The molecule has 0 fully saturated rings. The number of para-hydroxylation sites is 1. The average Bonchev–Trinajstić information content (AvgIpc) is 2.78. The van der Waals surface area contributed by atoms with Crippen LogP contribution >= 0.6 is 0 Å². The second-order valence-corrected chi connectivity index (χ2v) is 6.32. The quantitative estimate of drug-likeness (QED) is 0.640. The molecule has 1 aliphatic rings. The second kappa shape index (κ2) is 6.88. The number of halogens is 1. The minimum absolute atomic E-state index is 0.299. The Balaban J connectivity index is 0.000000368. The number of rotatable bonds is 2. The third-order valence-electron chi connectivity index (χ3n) is 3.53. The lowest BCUT2D eigenvalue weighted by atomic mass is 9.92. The predicted octanol–water partition coefficient (Wildman–Crippen LogP) is -1.05. The lowest BCUT2D eigenvalue weighted by molar-refractivity contribution is -2.00. The zero-order chi connectivity index (χ0) is 18.0. The maximum atomic E-state index is 8.49. The standard InChI is InChI=1S/C17H17O2.ClHO4/c1-17(2)14-10-6-4-8-12(14)16(19-17)13-9-5-7-11-15(13)18-3;2-1(3,4)5/h4-11H,1-3H3;(H,2,3,4,5)/q+1;/p-1. The van der Waals surface area contributed by atoms with Crippen LogP contribution in [0.2, 0.25) is 0 Å². The molecular formula is C17H17ClO6. The van der Waals surface area contributed by atoms with Crippen molar-refractivity contribution >= 4 is 5.78 Å². The molecule has 24 heavy (non-hydrogen) atoms. The molecule has 0 aromatic heterocycles. The van der Waals surface area contributed by atoms with Crippen LogP contribution in [-0.2, 0) is 5.60 Å². The molecule has 0 spiro atoms. The van der Waals surface area contributed by atoms with Gasteiger partial charge in [-0.3, -0.25) is 0 Å². The van der Waals surface area contributed by atoms with E-state index in [1.807, 2.05) is 30.3 Å². The predicted molar refractivity (Wildman–Crippen MR) is 75.9 cm³/mol. The van der Waals surface area contributed by atoms with E-state index >= 15 is 0 Å². The normalized spacial score (nSPS) is 15.0. The van der Waals surface area contributed by atoms with Crippen molar-refractivity contribution in [2.45, 2.75) is 19.4 Å². The Kier molecular flexibility index (Phi) is 5.27. The monoisotopic (exact) mass is 352 g/mol. The van der Waals surface area contributed by atoms with Crippen LogP contribution < -0.4 is 23.4 Å². The highest BCUT2D eigenvalue weighted by atomic mass is 35.7. The van der Waals surface area contributed by atoms with Gasteiger partial charge in [-0.1, -0.05) is 24.3 Å². The van der Waals surface area contributed by atoms with Gasteiger partial charge in [0.2, 0.25) is 0 Å². The molecule has 0 bridgehead atoms. The number of ketones is 1. The lowest BCUT2D eigenvalue weighted by Gasteiger charge is -2.17. The molecule has 0 amide bonds. The smallest absolute Gasteiger partial charge is 0.363 e. The van der Waals surface area contributed by atoms with Crippen molar-refractivity contribution in [3.8, 4) is 5.75 Å². The van der Waals surface area contributed by atoms with E-state index in [0.29, 0.717) is 0 Å². The van der Waals surface area contributed by atoms with E-state index in [1.54, 1.807) is 7.11 Å². The van der Waals surface area contributed by atoms with Gasteiger partial charge in [-0.25, -0.2) is 23.1 Å². The van der Waals surface area contributed by atoms with Gasteiger partial charge in [0.1, 0.15) is 11.3 Å². The van der Waals surface area contributed by atoms with Gasteiger partial charge >= 0.3 is 11.4 Å². The van der Waals surface area contributed by atoms with E-state index in [0.717, 1.165) is 22.7 Å². The van der Waals surface area contributed by atoms with Crippen LogP contribution in [0, 0.1) is 10.2 Å². The SMILES string of the molecule is COc1ccccc1C1=[O+]C(C)(C)c2ccccc21.[O-][Cl+3]([O-])([O-])[O-]. The summed E-state index contributed by atoms with van der Waals surface area (Å²) < 4.78 is 45.6. The summed E-state index contributed by atoms with van der Waals surface area (Å²) in [7, 11) is -3.26. The fourth-order valence-electron chi connectivity index (χ4n) is 2.60. The molecule has 0 saturated carbocycles. The topological polar surface area (TPSA) is 113 Å². The first-order valence-electron chi connectivity index (χ1n) is 7.04. The zero-order valence-corrected chi connectivity index (χ0v) is 14.2. The number of carbonyl (C=O) groups excluding carboxylic acids is 1. The van der Waals surface area contributed by atoms with E-state index in [1.165, 1.54) is 5.56 Å². The molecule has 2 aromatic rings. The van der Waals surface area contributed by atoms with Crippen LogP contribution in [0.3, 0.4) is 0 Å². The minimum atomic E-state index is -4.94. The number of hydrogen-bond donors (Lipinski definition) is 0. The van der Waals surface area contributed by atoms with Crippen LogP contribution in [0.15, 0.2) is 48.5 Å². The fourth-order valence-corrected chi connectivity index (χ4v) is 2.60. The Labute approximate surface area is 142 Å². The first kappa shape index (κ1) is 18.4. The van der Waals surface area contributed by atoms with Crippen molar-refractivity contribution < 1.29 is 38.0 Å². The Hall–Kier alpha value is -1.96. The van der Waals surface area contributed by atoms with Gasteiger partial charge in [0, 0.05) is 13.8 Å². The molecule has 0 atom stereocenters. The maximum Gasteiger partial charge on any atom is 0.363 e. The molecule has 0 saturated heterocycles. The van der Waals surface area contributed by atoms with E-state index < -0.39 is 10.2 Å². The summed E-state index contributed by atoms with van der Waals surface area (Å²) in [5.41, 5.74) is 3.07. The highest BCUT2D eigenvalue weighted by molar-refractivity contribution is 6.13. The zero-order valence-electron chi connectivity index (χ0n) is 13.4. The van der Waals surface area contributed by atoms with Gasteiger partial charge in [-0.15, -0.1) is 10.2 Å². The van der Waals surface area contributed by atoms with Crippen LogP contribution in [0.25, 0.3) is 0 Å². The molecule has 1 heterocycles. The summed E-state index contributed by atoms with van der Waals surface area (Å²) in [6.07, 6.45) is 0. The minimum Gasteiger partial charge on any atom is -0.496 e. The summed E-state index contributed by atoms with van der Waals surface area (Å²) in [4.78, 5) is 0. The summed E-state index contributed by atoms with van der Waals surface area (Å²) >= 11 is 0. The van der Waals surface area contributed by atoms with Crippen molar-refractivity contribution in [3.05, 3.63) is 65.2 Å². The molecule has 1 aliphatic heterocycles. The Morgan fingerprint density at radius 3 is 1.96 bits per heavy atom.